The molecule has 0 unspecified atom stereocenters. The molecule has 0 bridgehead atoms. The summed E-state index contributed by atoms with van der Waals surface area (Å²) in [6.45, 7) is 2.15. The molecule has 1 saturated carbocycles. The van der Waals surface area contributed by atoms with E-state index >= 15 is 0 Å². The topological polar surface area (TPSA) is 62.4 Å². The van der Waals surface area contributed by atoms with Crippen LogP contribution < -0.4 is 5.73 Å². The lowest BCUT2D eigenvalue weighted by molar-refractivity contribution is -0.0224. The molecular formula is C13H21N3OS. The molecule has 4 nitrogen and oxygen atoms in total. The SMILES string of the molecule is N[C@@H]1CCN(C2CCC(O)(c3nccs3)CC2)C1. The molecule has 18 heavy (non-hydrogen) atoms. The predicted octanol–water partition coefficient (Wildman–Crippen LogP) is 1.31. The molecule has 3 N–H and O–H groups in total. The summed E-state index contributed by atoms with van der Waals surface area (Å²) >= 11 is 1.57. The molecule has 0 radical (unpaired) electrons. The van der Waals surface area contributed by atoms with Crippen LogP contribution >= 0.6 is 11.3 Å². The highest BCUT2D eigenvalue weighted by Gasteiger charge is 2.39. The fraction of sp³-hybridized carbons (Fsp3) is 0.769. The molecule has 1 aliphatic heterocycles. The molecule has 2 fully saturated rings. The second-order valence-electron chi connectivity index (χ2n) is 5.64. The van der Waals surface area contributed by atoms with Gasteiger partial charge in [-0.05, 0) is 32.1 Å². The third kappa shape index (κ3) is 2.32. The van der Waals surface area contributed by atoms with E-state index in [1.165, 1.54) is 0 Å². The zero-order valence-corrected chi connectivity index (χ0v) is 11.4. The van der Waals surface area contributed by atoms with Gasteiger partial charge in [-0.3, -0.25) is 4.90 Å². The largest absolute Gasteiger partial charge is 0.383 e. The van der Waals surface area contributed by atoms with Gasteiger partial charge >= 0.3 is 0 Å². The summed E-state index contributed by atoms with van der Waals surface area (Å²) in [5.41, 5.74) is 5.29. The maximum Gasteiger partial charge on any atom is 0.124 e. The van der Waals surface area contributed by atoms with E-state index in [9.17, 15) is 5.11 Å². The molecule has 2 aliphatic rings. The van der Waals surface area contributed by atoms with Gasteiger partial charge in [-0.15, -0.1) is 11.3 Å². The van der Waals surface area contributed by atoms with Gasteiger partial charge in [0.05, 0.1) is 0 Å². The summed E-state index contributed by atoms with van der Waals surface area (Å²) in [5.74, 6) is 0. The van der Waals surface area contributed by atoms with Gasteiger partial charge in [0.2, 0.25) is 0 Å². The van der Waals surface area contributed by atoms with Gasteiger partial charge in [0.1, 0.15) is 10.6 Å². The number of rotatable bonds is 2. The quantitative estimate of drug-likeness (QED) is 0.848. The van der Waals surface area contributed by atoms with E-state index in [-0.39, 0.29) is 0 Å². The van der Waals surface area contributed by atoms with Crippen molar-refractivity contribution in [1.82, 2.24) is 9.88 Å². The molecule has 0 spiro atoms. The Labute approximate surface area is 112 Å². The summed E-state index contributed by atoms with van der Waals surface area (Å²) in [4.78, 5) is 6.79. The Hall–Kier alpha value is -0.490. The van der Waals surface area contributed by atoms with Crippen LogP contribution in [0.3, 0.4) is 0 Å². The first-order valence-corrected chi connectivity index (χ1v) is 7.67. The van der Waals surface area contributed by atoms with Crippen molar-refractivity contribution in [3.05, 3.63) is 16.6 Å². The van der Waals surface area contributed by atoms with E-state index in [0.717, 1.165) is 50.2 Å². The smallest absolute Gasteiger partial charge is 0.124 e. The van der Waals surface area contributed by atoms with Crippen molar-refractivity contribution in [3.63, 3.8) is 0 Å². The van der Waals surface area contributed by atoms with E-state index in [1.54, 1.807) is 17.5 Å². The highest BCUT2D eigenvalue weighted by Crippen LogP contribution is 2.39. The number of nitrogens with two attached hydrogens (primary N) is 1. The zero-order chi connectivity index (χ0) is 12.6. The van der Waals surface area contributed by atoms with E-state index in [1.807, 2.05) is 5.38 Å². The Morgan fingerprint density at radius 1 is 1.39 bits per heavy atom. The van der Waals surface area contributed by atoms with Crippen LogP contribution in [0.4, 0.5) is 0 Å². The van der Waals surface area contributed by atoms with Crippen molar-refractivity contribution in [2.24, 2.45) is 5.73 Å². The summed E-state index contributed by atoms with van der Waals surface area (Å²) < 4.78 is 0. The van der Waals surface area contributed by atoms with Crippen LogP contribution in [0.25, 0.3) is 0 Å². The minimum atomic E-state index is -0.674. The van der Waals surface area contributed by atoms with E-state index in [2.05, 4.69) is 9.88 Å². The summed E-state index contributed by atoms with van der Waals surface area (Å²) in [6.07, 6.45) is 6.68. The van der Waals surface area contributed by atoms with Crippen LogP contribution in [0.5, 0.6) is 0 Å². The molecule has 3 rings (SSSR count). The van der Waals surface area contributed by atoms with Crippen molar-refractivity contribution >= 4 is 11.3 Å². The maximum absolute atomic E-state index is 10.6. The normalized spacial score (nSPS) is 38.1. The molecular weight excluding hydrogens is 246 g/mol. The van der Waals surface area contributed by atoms with Gasteiger partial charge in [-0.2, -0.15) is 0 Å². The number of likely N-dealkylation sites (tertiary alicyclic amines) is 1. The van der Waals surface area contributed by atoms with Crippen LogP contribution in [0.2, 0.25) is 0 Å². The van der Waals surface area contributed by atoms with Crippen molar-refractivity contribution in [2.45, 2.75) is 49.8 Å². The van der Waals surface area contributed by atoms with Gasteiger partial charge in [-0.1, -0.05) is 0 Å². The number of hydrogen-bond acceptors (Lipinski definition) is 5. The van der Waals surface area contributed by atoms with E-state index in [0.29, 0.717) is 12.1 Å². The lowest BCUT2D eigenvalue weighted by Crippen LogP contribution is -2.42. The summed E-state index contributed by atoms with van der Waals surface area (Å²) in [6, 6.07) is 0.962. The first-order chi connectivity index (χ1) is 8.67. The highest BCUT2D eigenvalue weighted by molar-refractivity contribution is 7.09. The number of aliphatic hydroxyl groups is 1. The van der Waals surface area contributed by atoms with Gasteiger partial charge in [0.25, 0.3) is 0 Å². The number of aromatic nitrogens is 1. The van der Waals surface area contributed by atoms with Crippen molar-refractivity contribution < 1.29 is 5.11 Å². The second-order valence-corrected chi connectivity index (χ2v) is 6.54. The lowest BCUT2D eigenvalue weighted by atomic mass is 9.82. The molecule has 1 atom stereocenters. The molecule has 0 amide bonds. The van der Waals surface area contributed by atoms with E-state index in [4.69, 9.17) is 5.73 Å². The van der Waals surface area contributed by atoms with Crippen LogP contribution in [0.15, 0.2) is 11.6 Å². The second kappa shape index (κ2) is 4.89. The standard InChI is InChI=1S/C13H21N3OS/c14-10-3-7-16(9-10)11-1-4-13(17,5-2-11)12-15-6-8-18-12/h6,8,10-11,17H,1-5,7,9,14H2/t10-,11?,13?/m1/s1. The Bertz CT molecular complexity index is 387. The molecule has 1 aromatic rings. The average Bonchev–Trinajstić information content (AvgIpc) is 3.01. The molecule has 1 aromatic heterocycles. The van der Waals surface area contributed by atoms with Crippen molar-refractivity contribution in [2.75, 3.05) is 13.1 Å². The number of hydrogen-bond donors (Lipinski definition) is 2. The predicted molar refractivity (Wildman–Crippen MR) is 72.4 cm³/mol. The molecule has 2 heterocycles. The third-order valence-electron chi connectivity index (χ3n) is 4.39. The van der Waals surface area contributed by atoms with Crippen LogP contribution in [0.1, 0.15) is 37.1 Å². The first-order valence-electron chi connectivity index (χ1n) is 6.79. The Morgan fingerprint density at radius 3 is 2.72 bits per heavy atom. The molecule has 0 aromatic carbocycles. The molecule has 1 saturated heterocycles. The fourth-order valence-electron chi connectivity index (χ4n) is 3.26. The van der Waals surface area contributed by atoms with Crippen LogP contribution in [-0.4, -0.2) is 40.2 Å². The summed E-state index contributed by atoms with van der Waals surface area (Å²) in [5, 5.41) is 13.5. The Morgan fingerprint density at radius 2 is 2.17 bits per heavy atom. The maximum atomic E-state index is 10.6. The molecule has 1 aliphatic carbocycles. The highest BCUT2D eigenvalue weighted by atomic mass is 32.1. The zero-order valence-electron chi connectivity index (χ0n) is 10.6. The third-order valence-corrected chi connectivity index (χ3v) is 5.35. The minimum Gasteiger partial charge on any atom is -0.383 e. The number of thiazole rings is 1. The Kier molecular flexibility index (Phi) is 3.40. The molecule has 5 heteroatoms. The van der Waals surface area contributed by atoms with Gasteiger partial charge in [0.15, 0.2) is 0 Å². The number of nitrogens with zero attached hydrogens (tertiary/aromatic N) is 2. The van der Waals surface area contributed by atoms with Crippen molar-refractivity contribution in [1.29, 1.82) is 0 Å². The van der Waals surface area contributed by atoms with Crippen LogP contribution in [0, 0.1) is 0 Å². The lowest BCUT2D eigenvalue weighted by Gasteiger charge is -2.38. The first kappa shape index (κ1) is 12.5. The minimum absolute atomic E-state index is 0.352. The monoisotopic (exact) mass is 267 g/mol. The van der Waals surface area contributed by atoms with Gasteiger partial charge < -0.3 is 10.8 Å². The Balaban J connectivity index is 1.61. The van der Waals surface area contributed by atoms with Crippen LogP contribution in [-0.2, 0) is 5.60 Å². The summed E-state index contributed by atoms with van der Waals surface area (Å²) in [7, 11) is 0. The molecule has 100 valence electrons. The average molecular weight is 267 g/mol. The van der Waals surface area contributed by atoms with Gasteiger partial charge in [0, 0.05) is 36.8 Å². The van der Waals surface area contributed by atoms with E-state index < -0.39 is 5.60 Å². The fourth-order valence-corrected chi connectivity index (χ4v) is 4.06. The van der Waals surface area contributed by atoms with Gasteiger partial charge in [-0.25, -0.2) is 4.98 Å². The van der Waals surface area contributed by atoms with Crippen molar-refractivity contribution in [3.8, 4) is 0 Å².